The Labute approximate surface area is 147 Å². The number of rotatable bonds is 0. The molecule has 0 bridgehead atoms. The molecule has 3 saturated carbocycles. The lowest BCUT2D eigenvalue weighted by molar-refractivity contribution is -0.105. The predicted octanol–water partition coefficient (Wildman–Crippen LogP) is 3.02. The maximum Gasteiger partial charge on any atom is 0.0757 e. The molecule has 9 atom stereocenters. The minimum atomic E-state index is -0.428. The van der Waals surface area contributed by atoms with E-state index in [2.05, 4.69) is 35.9 Å². The molecule has 3 N–H and O–H groups in total. The van der Waals surface area contributed by atoms with Gasteiger partial charge in [-0.15, -0.1) is 0 Å². The van der Waals surface area contributed by atoms with E-state index in [-0.39, 0.29) is 33.8 Å². The Bertz CT molecular complexity index is 535. The van der Waals surface area contributed by atoms with Gasteiger partial charge in [-0.1, -0.05) is 41.4 Å². The normalized spacial score (nSPS) is 58.9. The fourth-order valence-electron chi connectivity index (χ4n) is 6.58. The van der Waals surface area contributed by atoms with Gasteiger partial charge in [0.05, 0.1) is 18.3 Å². The molecule has 4 aliphatic rings. The van der Waals surface area contributed by atoms with Crippen molar-refractivity contribution >= 4 is 15.9 Å². The van der Waals surface area contributed by atoms with E-state index in [1.807, 2.05) is 0 Å². The van der Waals surface area contributed by atoms with Crippen molar-refractivity contribution < 1.29 is 15.3 Å². The molecule has 0 aromatic rings. The molecule has 130 valence electrons. The van der Waals surface area contributed by atoms with Crippen molar-refractivity contribution in [2.75, 3.05) is 0 Å². The molecule has 0 amide bonds. The zero-order valence-corrected chi connectivity index (χ0v) is 15.7. The monoisotopic (exact) mass is 384 g/mol. The first-order valence-corrected chi connectivity index (χ1v) is 10.1. The van der Waals surface area contributed by atoms with E-state index in [0.29, 0.717) is 11.8 Å². The summed E-state index contributed by atoms with van der Waals surface area (Å²) in [5.74, 6) is 1.10. The summed E-state index contributed by atoms with van der Waals surface area (Å²) in [6.45, 7) is 4.58. The molecule has 4 heteroatoms. The van der Waals surface area contributed by atoms with E-state index < -0.39 is 6.10 Å². The summed E-state index contributed by atoms with van der Waals surface area (Å²) in [4.78, 5) is 0.148. The minimum absolute atomic E-state index is 0.0772. The van der Waals surface area contributed by atoms with Crippen molar-refractivity contribution in [1.29, 1.82) is 0 Å². The van der Waals surface area contributed by atoms with Crippen LogP contribution in [0, 0.1) is 28.6 Å². The average Bonchev–Trinajstić information content (AvgIpc) is 2.73. The van der Waals surface area contributed by atoms with Crippen LogP contribution in [0.1, 0.15) is 52.4 Å². The van der Waals surface area contributed by atoms with Crippen molar-refractivity contribution in [3.63, 3.8) is 0 Å². The molecule has 0 spiro atoms. The van der Waals surface area contributed by atoms with Crippen LogP contribution in [-0.2, 0) is 0 Å². The number of hydrogen-bond acceptors (Lipinski definition) is 3. The molecule has 4 aliphatic carbocycles. The van der Waals surface area contributed by atoms with Crippen LogP contribution in [-0.4, -0.2) is 38.5 Å². The Hall–Kier alpha value is 0.1000. The second kappa shape index (κ2) is 5.30. The van der Waals surface area contributed by atoms with Crippen LogP contribution in [0.3, 0.4) is 0 Å². The van der Waals surface area contributed by atoms with Crippen LogP contribution < -0.4 is 0 Å². The molecule has 0 aromatic heterocycles. The van der Waals surface area contributed by atoms with E-state index in [4.69, 9.17) is 0 Å². The third-order valence-corrected chi connectivity index (χ3v) is 8.91. The molecular formula is C19H29BrO3. The molecule has 0 radical (unpaired) electrons. The van der Waals surface area contributed by atoms with Gasteiger partial charge in [0, 0.05) is 4.83 Å². The average molecular weight is 385 g/mol. The van der Waals surface area contributed by atoms with Crippen molar-refractivity contribution in [2.24, 2.45) is 28.6 Å². The van der Waals surface area contributed by atoms with Gasteiger partial charge in [-0.25, -0.2) is 0 Å². The summed E-state index contributed by atoms with van der Waals surface area (Å²) in [5, 5.41) is 31.6. The maximum atomic E-state index is 10.9. The van der Waals surface area contributed by atoms with Crippen molar-refractivity contribution in [3.05, 3.63) is 11.6 Å². The summed E-state index contributed by atoms with van der Waals surface area (Å²) in [6, 6.07) is 0. The van der Waals surface area contributed by atoms with Crippen molar-refractivity contribution in [1.82, 2.24) is 0 Å². The lowest BCUT2D eigenvalue weighted by Crippen LogP contribution is -2.55. The smallest absolute Gasteiger partial charge is 0.0757 e. The number of fused-ring (bicyclic) bond motifs is 5. The molecule has 0 aliphatic heterocycles. The van der Waals surface area contributed by atoms with Gasteiger partial charge >= 0.3 is 0 Å². The van der Waals surface area contributed by atoms with Crippen molar-refractivity contribution in [2.45, 2.75) is 75.5 Å². The Kier molecular flexibility index (Phi) is 3.81. The topological polar surface area (TPSA) is 60.7 Å². The first-order valence-electron chi connectivity index (χ1n) is 9.17. The predicted molar refractivity (Wildman–Crippen MR) is 93.2 cm³/mol. The van der Waals surface area contributed by atoms with Gasteiger partial charge in [-0.3, -0.25) is 0 Å². The van der Waals surface area contributed by atoms with Gasteiger partial charge in [0.2, 0.25) is 0 Å². The molecule has 0 aromatic carbocycles. The van der Waals surface area contributed by atoms with E-state index in [9.17, 15) is 15.3 Å². The van der Waals surface area contributed by atoms with E-state index >= 15 is 0 Å². The van der Waals surface area contributed by atoms with Crippen molar-refractivity contribution in [3.8, 4) is 0 Å². The largest absolute Gasteiger partial charge is 0.393 e. The molecular weight excluding hydrogens is 356 g/mol. The molecule has 23 heavy (non-hydrogen) atoms. The Morgan fingerprint density at radius 3 is 2.57 bits per heavy atom. The summed E-state index contributed by atoms with van der Waals surface area (Å²) >= 11 is 3.68. The fourth-order valence-corrected chi connectivity index (χ4v) is 7.58. The first-order chi connectivity index (χ1) is 10.8. The number of halogens is 1. The van der Waals surface area contributed by atoms with Gasteiger partial charge < -0.3 is 15.3 Å². The minimum Gasteiger partial charge on any atom is -0.393 e. The van der Waals surface area contributed by atoms with Crippen LogP contribution in [0.25, 0.3) is 0 Å². The Morgan fingerprint density at radius 1 is 1.09 bits per heavy atom. The number of alkyl halides is 1. The van der Waals surface area contributed by atoms with E-state index in [0.717, 1.165) is 38.5 Å². The van der Waals surface area contributed by atoms with Crippen LogP contribution in [0.15, 0.2) is 11.6 Å². The standard InChI is InChI=1S/C19H29BrO3/c1-18-5-3-11(21)7-10(18)8-15(22)16-12(18)4-6-19(2)13(16)9-14(20)17(19)23/h8,11-17,21-23H,3-7,9H2,1-2H3/t11-,12-,13-,14+,15-,16+,17+,18-,19-/m0/s1. The lowest BCUT2D eigenvalue weighted by Gasteiger charge is -2.58. The summed E-state index contributed by atoms with van der Waals surface area (Å²) < 4.78 is 0. The molecule has 4 rings (SSSR count). The Morgan fingerprint density at radius 2 is 1.83 bits per heavy atom. The summed E-state index contributed by atoms with van der Waals surface area (Å²) in [6.07, 6.45) is 6.78. The molecule has 3 nitrogen and oxygen atoms in total. The van der Waals surface area contributed by atoms with Gasteiger partial charge in [-0.05, 0) is 67.1 Å². The molecule has 0 heterocycles. The number of aliphatic hydroxyl groups excluding tert-OH is 3. The maximum absolute atomic E-state index is 10.9. The van der Waals surface area contributed by atoms with Gasteiger partial charge in [0.1, 0.15) is 0 Å². The molecule has 3 fully saturated rings. The zero-order valence-electron chi connectivity index (χ0n) is 14.1. The quantitative estimate of drug-likeness (QED) is 0.444. The second-order valence-corrected chi connectivity index (χ2v) is 10.2. The molecule has 0 saturated heterocycles. The highest BCUT2D eigenvalue weighted by Gasteiger charge is 2.62. The van der Waals surface area contributed by atoms with Crippen LogP contribution in [0.4, 0.5) is 0 Å². The fraction of sp³-hybridized carbons (Fsp3) is 0.895. The van der Waals surface area contributed by atoms with E-state index in [1.165, 1.54) is 5.57 Å². The third kappa shape index (κ3) is 2.17. The van der Waals surface area contributed by atoms with Crippen LogP contribution in [0.2, 0.25) is 0 Å². The van der Waals surface area contributed by atoms with E-state index in [1.54, 1.807) is 0 Å². The van der Waals surface area contributed by atoms with Gasteiger partial charge in [-0.2, -0.15) is 0 Å². The Balaban J connectivity index is 1.73. The number of hydrogen-bond donors (Lipinski definition) is 3. The van der Waals surface area contributed by atoms with Gasteiger partial charge in [0.25, 0.3) is 0 Å². The summed E-state index contributed by atoms with van der Waals surface area (Å²) in [7, 11) is 0. The van der Waals surface area contributed by atoms with Crippen LogP contribution in [0.5, 0.6) is 0 Å². The summed E-state index contributed by atoms with van der Waals surface area (Å²) in [5.41, 5.74) is 1.33. The second-order valence-electron chi connectivity index (χ2n) is 9.03. The highest BCUT2D eigenvalue weighted by atomic mass is 79.9. The highest BCUT2D eigenvalue weighted by molar-refractivity contribution is 9.09. The number of aliphatic hydroxyl groups is 3. The van der Waals surface area contributed by atoms with Gasteiger partial charge in [0.15, 0.2) is 0 Å². The lowest BCUT2D eigenvalue weighted by atomic mass is 9.47. The highest BCUT2D eigenvalue weighted by Crippen LogP contribution is 2.65. The van der Waals surface area contributed by atoms with Crippen LogP contribution >= 0.6 is 15.9 Å². The third-order valence-electron chi connectivity index (χ3n) is 8.04. The first kappa shape index (κ1) is 16.6. The zero-order chi connectivity index (χ0) is 16.6. The SMILES string of the molecule is C[C@]12CC[C@H]3[C@@H]([C@@H](O)C=C4C[C@@H](O)CC[C@@]43C)[C@@H]1C[C@@H](Br)[C@H]2O. The molecule has 0 unspecified atom stereocenters.